The standard InChI is InChI=1S/C16H17N5O3S2/c1-4-26(23,24)16-19-21-13(17)12(14(22)18-15(21)25-16)9-10-5-7-11(8-6-10)20(2)3/h5-9,17H,4H2,1-3H3/b12-9+,17-13?. The first-order valence-corrected chi connectivity index (χ1v) is 10.2. The fraction of sp³-hybridized carbons (Fsp3) is 0.250. The molecule has 1 amide bonds. The summed E-state index contributed by atoms with van der Waals surface area (Å²) in [5, 5.41) is 13.4. The fourth-order valence-corrected chi connectivity index (χ4v) is 4.42. The molecular weight excluding hydrogens is 374 g/mol. The van der Waals surface area contributed by atoms with Gasteiger partial charge in [-0.25, -0.2) is 8.42 Å². The first-order chi connectivity index (χ1) is 12.2. The van der Waals surface area contributed by atoms with Crippen LogP contribution < -0.4 is 4.90 Å². The molecule has 2 heterocycles. The molecule has 0 atom stereocenters. The first-order valence-electron chi connectivity index (χ1n) is 7.73. The van der Waals surface area contributed by atoms with Crippen LogP contribution in [0, 0.1) is 5.41 Å². The van der Waals surface area contributed by atoms with E-state index in [-0.39, 0.29) is 26.7 Å². The summed E-state index contributed by atoms with van der Waals surface area (Å²) in [7, 11) is 0.323. The number of sulfone groups is 1. The monoisotopic (exact) mass is 391 g/mol. The zero-order valence-corrected chi connectivity index (χ0v) is 16.1. The second-order valence-corrected chi connectivity index (χ2v) is 9.18. The van der Waals surface area contributed by atoms with Crippen LogP contribution >= 0.6 is 11.8 Å². The number of fused-ring (bicyclic) bond motifs is 1. The Balaban J connectivity index is 1.94. The highest BCUT2D eigenvalue weighted by Gasteiger charge is 2.39. The van der Waals surface area contributed by atoms with Gasteiger partial charge in [0.2, 0.25) is 19.4 Å². The Kier molecular flexibility index (Phi) is 4.72. The minimum atomic E-state index is -3.53. The minimum absolute atomic E-state index is 0.0610. The molecule has 1 N–H and O–H groups in total. The van der Waals surface area contributed by atoms with Gasteiger partial charge < -0.3 is 4.90 Å². The summed E-state index contributed by atoms with van der Waals surface area (Å²) in [6.45, 7) is 1.51. The molecule has 0 spiro atoms. The van der Waals surface area contributed by atoms with Crippen LogP contribution in [0.25, 0.3) is 6.08 Å². The van der Waals surface area contributed by atoms with Crippen molar-refractivity contribution in [2.24, 2.45) is 10.1 Å². The first kappa shape index (κ1) is 18.3. The normalized spacial score (nSPS) is 18.7. The summed E-state index contributed by atoms with van der Waals surface area (Å²) in [6, 6.07) is 7.45. The van der Waals surface area contributed by atoms with Crippen molar-refractivity contribution in [1.82, 2.24) is 5.01 Å². The average Bonchev–Trinajstić information content (AvgIpc) is 3.04. The van der Waals surface area contributed by atoms with Gasteiger partial charge in [0.25, 0.3) is 5.91 Å². The van der Waals surface area contributed by atoms with E-state index in [1.54, 1.807) is 6.08 Å². The molecule has 0 aliphatic carbocycles. The van der Waals surface area contributed by atoms with Gasteiger partial charge in [-0.05, 0) is 35.5 Å². The van der Waals surface area contributed by atoms with Crippen LogP contribution in [0.4, 0.5) is 5.69 Å². The predicted octanol–water partition coefficient (Wildman–Crippen LogP) is 1.76. The van der Waals surface area contributed by atoms with Gasteiger partial charge in [-0.15, -0.1) is 5.10 Å². The number of hydrazone groups is 1. The lowest BCUT2D eigenvalue weighted by Gasteiger charge is -2.20. The maximum absolute atomic E-state index is 12.3. The van der Waals surface area contributed by atoms with E-state index in [1.165, 1.54) is 6.92 Å². The number of nitrogens with one attached hydrogen (secondary N) is 1. The zero-order valence-electron chi connectivity index (χ0n) is 14.4. The Morgan fingerprint density at radius 3 is 2.50 bits per heavy atom. The number of thioether (sulfide) groups is 1. The Labute approximate surface area is 155 Å². The van der Waals surface area contributed by atoms with Crippen LogP contribution in [0.1, 0.15) is 12.5 Å². The number of carbonyl (C=O) groups excluding carboxylic acids is 1. The number of amidine groups is 2. The third-order valence-electron chi connectivity index (χ3n) is 3.80. The molecule has 1 aromatic rings. The van der Waals surface area contributed by atoms with Crippen molar-refractivity contribution < 1.29 is 13.2 Å². The number of anilines is 1. The molecule has 0 radical (unpaired) electrons. The third kappa shape index (κ3) is 3.29. The lowest BCUT2D eigenvalue weighted by atomic mass is 10.1. The fourth-order valence-electron chi connectivity index (χ4n) is 2.26. The summed E-state index contributed by atoms with van der Waals surface area (Å²) in [6.07, 6.45) is 1.55. The Bertz CT molecular complexity index is 976. The van der Waals surface area contributed by atoms with Crippen LogP contribution in [0.3, 0.4) is 0 Å². The number of amides is 1. The second kappa shape index (κ2) is 6.69. The SMILES string of the molecule is CCS(=O)(=O)C1=NN2C(=N)/C(=C\c3ccc(N(C)C)cc3)C(=O)N=C2S1. The van der Waals surface area contributed by atoms with Gasteiger partial charge in [0.05, 0.1) is 11.3 Å². The number of hydrogen-bond acceptors (Lipinski definition) is 7. The van der Waals surface area contributed by atoms with Gasteiger partial charge in [-0.1, -0.05) is 19.1 Å². The van der Waals surface area contributed by atoms with Crippen LogP contribution in [-0.4, -0.2) is 54.6 Å². The molecule has 8 nitrogen and oxygen atoms in total. The Hall–Kier alpha value is -2.46. The molecule has 136 valence electrons. The van der Waals surface area contributed by atoms with E-state index < -0.39 is 15.7 Å². The Morgan fingerprint density at radius 2 is 1.92 bits per heavy atom. The summed E-state index contributed by atoms with van der Waals surface area (Å²) in [5.74, 6) is -0.886. The lowest BCUT2D eigenvalue weighted by molar-refractivity contribution is -0.114. The number of carbonyl (C=O) groups is 1. The number of aliphatic imine (C=N–C) groups is 1. The largest absolute Gasteiger partial charge is 0.378 e. The summed E-state index contributed by atoms with van der Waals surface area (Å²) < 4.78 is 23.8. The number of nitrogens with zero attached hydrogens (tertiary/aromatic N) is 4. The van der Waals surface area contributed by atoms with Gasteiger partial charge >= 0.3 is 0 Å². The molecular formula is C16H17N5O3S2. The lowest BCUT2D eigenvalue weighted by Crippen LogP contribution is -2.35. The molecule has 1 aromatic carbocycles. The molecule has 0 saturated heterocycles. The quantitative estimate of drug-likeness (QED) is 0.787. The number of benzene rings is 1. The summed E-state index contributed by atoms with van der Waals surface area (Å²) in [4.78, 5) is 18.1. The molecule has 2 aliphatic heterocycles. The predicted molar refractivity (Wildman–Crippen MR) is 105 cm³/mol. The van der Waals surface area contributed by atoms with Crippen molar-refractivity contribution in [2.75, 3.05) is 24.7 Å². The molecule has 0 aromatic heterocycles. The highest BCUT2D eigenvalue weighted by atomic mass is 32.3. The molecule has 0 unspecified atom stereocenters. The third-order valence-corrected chi connectivity index (χ3v) is 6.89. The molecule has 10 heteroatoms. The minimum Gasteiger partial charge on any atom is -0.378 e. The van der Waals surface area contributed by atoms with Crippen molar-refractivity contribution in [3.05, 3.63) is 35.4 Å². The van der Waals surface area contributed by atoms with Crippen molar-refractivity contribution in [3.63, 3.8) is 0 Å². The Morgan fingerprint density at radius 1 is 1.27 bits per heavy atom. The molecule has 0 fully saturated rings. The van der Waals surface area contributed by atoms with E-state index in [1.807, 2.05) is 43.3 Å². The van der Waals surface area contributed by atoms with E-state index in [0.29, 0.717) is 0 Å². The van der Waals surface area contributed by atoms with Crippen molar-refractivity contribution in [3.8, 4) is 0 Å². The highest BCUT2D eigenvalue weighted by molar-refractivity contribution is 8.42. The smallest absolute Gasteiger partial charge is 0.283 e. The van der Waals surface area contributed by atoms with Crippen molar-refractivity contribution >= 4 is 54.6 Å². The zero-order chi connectivity index (χ0) is 19.1. The van der Waals surface area contributed by atoms with Gasteiger partial charge in [-0.3, -0.25) is 10.2 Å². The van der Waals surface area contributed by atoms with Gasteiger partial charge in [0.15, 0.2) is 5.84 Å². The topological polar surface area (TPSA) is 106 Å². The molecule has 0 saturated carbocycles. The highest BCUT2D eigenvalue weighted by Crippen LogP contribution is 2.30. The maximum atomic E-state index is 12.3. The molecule has 26 heavy (non-hydrogen) atoms. The van der Waals surface area contributed by atoms with Crippen LogP contribution in [-0.2, 0) is 14.6 Å². The average molecular weight is 391 g/mol. The van der Waals surface area contributed by atoms with E-state index in [0.717, 1.165) is 28.0 Å². The van der Waals surface area contributed by atoms with E-state index >= 15 is 0 Å². The van der Waals surface area contributed by atoms with E-state index in [9.17, 15) is 13.2 Å². The van der Waals surface area contributed by atoms with Crippen molar-refractivity contribution in [2.45, 2.75) is 6.92 Å². The number of hydrogen-bond donors (Lipinski definition) is 1. The van der Waals surface area contributed by atoms with E-state index in [2.05, 4.69) is 10.1 Å². The van der Waals surface area contributed by atoms with Crippen LogP contribution in [0.5, 0.6) is 0 Å². The van der Waals surface area contributed by atoms with Crippen molar-refractivity contribution in [1.29, 1.82) is 5.41 Å². The molecule has 3 rings (SSSR count). The summed E-state index contributed by atoms with van der Waals surface area (Å²) >= 11 is 0.791. The van der Waals surface area contributed by atoms with Crippen LogP contribution in [0.15, 0.2) is 39.9 Å². The van der Waals surface area contributed by atoms with Gasteiger partial charge in [0, 0.05) is 19.8 Å². The van der Waals surface area contributed by atoms with E-state index in [4.69, 9.17) is 5.41 Å². The van der Waals surface area contributed by atoms with Crippen LogP contribution in [0.2, 0.25) is 0 Å². The van der Waals surface area contributed by atoms with Gasteiger partial charge in [0.1, 0.15) is 0 Å². The molecule has 0 bridgehead atoms. The second-order valence-electron chi connectivity index (χ2n) is 5.78. The number of rotatable bonds is 3. The maximum Gasteiger partial charge on any atom is 0.283 e. The molecule has 2 aliphatic rings. The summed E-state index contributed by atoms with van der Waals surface area (Å²) in [5.41, 5.74) is 1.80. The van der Waals surface area contributed by atoms with Gasteiger partial charge in [-0.2, -0.15) is 10.0 Å².